The van der Waals surface area contributed by atoms with E-state index in [1.54, 1.807) is 42.9 Å². The minimum absolute atomic E-state index is 0.0125. The highest BCUT2D eigenvalue weighted by Crippen LogP contribution is 2.40. The fourth-order valence-corrected chi connectivity index (χ4v) is 5.52. The van der Waals surface area contributed by atoms with E-state index in [1.807, 2.05) is 17.0 Å². The van der Waals surface area contributed by atoms with E-state index >= 15 is 0 Å². The number of halogens is 1. The summed E-state index contributed by atoms with van der Waals surface area (Å²) in [4.78, 5) is 39.0. The third-order valence-electron chi connectivity index (χ3n) is 6.45. The summed E-state index contributed by atoms with van der Waals surface area (Å²) >= 11 is 1.28. The molecule has 1 saturated carbocycles. The van der Waals surface area contributed by atoms with Crippen molar-refractivity contribution >= 4 is 34.7 Å². The summed E-state index contributed by atoms with van der Waals surface area (Å²) in [6, 6.07) is 7.72. The van der Waals surface area contributed by atoms with Crippen LogP contribution in [-0.2, 0) is 25.7 Å². The first kappa shape index (κ1) is 26.3. The lowest BCUT2D eigenvalue weighted by atomic mass is 9.93. The van der Waals surface area contributed by atoms with Gasteiger partial charge in [0.1, 0.15) is 5.82 Å². The number of carbonyl (C=O) groups excluding carboxylic acids is 3. The van der Waals surface area contributed by atoms with Crippen molar-refractivity contribution in [2.75, 3.05) is 19.7 Å². The molecular formula is C27H32FN3O4S. The van der Waals surface area contributed by atoms with E-state index in [9.17, 15) is 18.8 Å². The summed E-state index contributed by atoms with van der Waals surface area (Å²) in [6.07, 6.45) is 6.36. The molecule has 1 aromatic heterocycles. The second kappa shape index (κ2) is 12.0. The van der Waals surface area contributed by atoms with Gasteiger partial charge in [-0.25, -0.2) is 4.39 Å². The van der Waals surface area contributed by atoms with Gasteiger partial charge in [-0.2, -0.15) is 5.10 Å². The number of aryl methyl sites for hydroxylation is 1. The summed E-state index contributed by atoms with van der Waals surface area (Å²) < 4.78 is 21.5. The fourth-order valence-electron chi connectivity index (χ4n) is 4.60. The number of aromatic nitrogens is 2. The minimum atomic E-state index is -0.646. The number of ether oxygens (including phenoxy) is 1. The lowest BCUT2D eigenvalue weighted by molar-refractivity contribution is -0.143. The lowest BCUT2D eigenvalue weighted by Gasteiger charge is -2.38. The first-order valence-electron chi connectivity index (χ1n) is 12.4. The number of ketones is 1. The first-order valence-corrected chi connectivity index (χ1v) is 13.3. The molecule has 1 saturated heterocycles. The Bertz CT molecular complexity index is 1140. The molecule has 192 valence electrons. The number of hydrogen-bond donors (Lipinski definition) is 0. The van der Waals surface area contributed by atoms with Gasteiger partial charge in [0.25, 0.3) is 0 Å². The highest BCUT2D eigenvalue weighted by molar-refractivity contribution is 8.14. The van der Waals surface area contributed by atoms with Crippen LogP contribution < -0.4 is 0 Å². The smallest absolute Gasteiger partial charge is 0.307 e. The molecule has 2 aliphatic rings. The number of esters is 1. The molecule has 0 radical (unpaired) electrons. The Labute approximate surface area is 215 Å². The van der Waals surface area contributed by atoms with Crippen LogP contribution >= 0.6 is 11.8 Å². The van der Waals surface area contributed by atoms with E-state index in [4.69, 9.17) is 4.74 Å². The SMILES string of the molecule is CCOC(=O)CCn1ccc(/C=C2/CN([C@@H](C(=O)C3CC3)c3ccccc3F)CC[C@H]2SC(C)=O)n1. The van der Waals surface area contributed by atoms with Gasteiger partial charge in [-0.3, -0.25) is 24.0 Å². The van der Waals surface area contributed by atoms with E-state index in [2.05, 4.69) is 5.10 Å². The molecule has 0 N–H and O–H groups in total. The van der Waals surface area contributed by atoms with Crippen molar-refractivity contribution in [1.29, 1.82) is 0 Å². The highest BCUT2D eigenvalue weighted by Gasteiger charge is 2.41. The third-order valence-corrected chi connectivity index (χ3v) is 7.60. The Morgan fingerprint density at radius 1 is 1.22 bits per heavy atom. The molecular weight excluding hydrogens is 481 g/mol. The van der Waals surface area contributed by atoms with E-state index in [0.717, 1.165) is 18.4 Å². The molecule has 2 heterocycles. The normalized spacial score (nSPS) is 20.3. The molecule has 2 aromatic rings. The number of benzene rings is 1. The summed E-state index contributed by atoms with van der Waals surface area (Å²) in [5, 5.41) is 4.54. The number of Topliss-reactive ketones (excluding diaryl/α,β-unsaturated/α-hetero) is 1. The Balaban J connectivity index is 1.57. The second-order valence-electron chi connectivity index (χ2n) is 9.24. The van der Waals surface area contributed by atoms with Crippen LogP contribution in [0.15, 0.2) is 42.1 Å². The number of piperidine rings is 1. The van der Waals surface area contributed by atoms with Crippen molar-refractivity contribution in [2.45, 2.75) is 57.4 Å². The molecule has 0 bridgehead atoms. The Kier molecular flexibility index (Phi) is 8.74. The highest BCUT2D eigenvalue weighted by atomic mass is 32.2. The third kappa shape index (κ3) is 6.70. The largest absolute Gasteiger partial charge is 0.466 e. The van der Waals surface area contributed by atoms with Crippen molar-refractivity contribution in [1.82, 2.24) is 14.7 Å². The van der Waals surface area contributed by atoms with E-state index in [1.165, 1.54) is 17.8 Å². The Morgan fingerprint density at radius 2 is 2.00 bits per heavy atom. The molecule has 2 atom stereocenters. The Hall–Kier alpha value is -2.78. The molecule has 36 heavy (non-hydrogen) atoms. The van der Waals surface area contributed by atoms with Crippen molar-refractivity contribution in [3.8, 4) is 0 Å². The van der Waals surface area contributed by atoms with E-state index < -0.39 is 6.04 Å². The number of thioether (sulfide) groups is 1. The van der Waals surface area contributed by atoms with Crippen LogP contribution in [0.25, 0.3) is 6.08 Å². The number of carbonyl (C=O) groups is 3. The van der Waals surface area contributed by atoms with Gasteiger partial charge in [0.2, 0.25) is 0 Å². The summed E-state index contributed by atoms with van der Waals surface area (Å²) in [5.41, 5.74) is 2.09. The average molecular weight is 514 g/mol. The van der Waals surface area contributed by atoms with Crippen molar-refractivity contribution in [2.24, 2.45) is 5.92 Å². The molecule has 2 fully saturated rings. The molecule has 7 nitrogen and oxygen atoms in total. The van der Waals surface area contributed by atoms with Gasteiger partial charge in [0.15, 0.2) is 10.9 Å². The summed E-state index contributed by atoms with van der Waals surface area (Å²) in [7, 11) is 0. The van der Waals surface area contributed by atoms with E-state index in [0.29, 0.717) is 43.9 Å². The van der Waals surface area contributed by atoms with Crippen molar-refractivity contribution in [3.63, 3.8) is 0 Å². The van der Waals surface area contributed by atoms with Crippen LogP contribution in [0.3, 0.4) is 0 Å². The van der Waals surface area contributed by atoms with Crippen LogP contribution in [0, 0.1) is 11.7 Å². The number of nitrogens with zero attached hydrogens (tertiary/aromatic N) is 3. The maximum Gasteiger partial charge on any atom is 0.307 e. The lowest BCUT2D eigenvalue weighted by Crippen LogP contribution is -2.43. The van der Waals surface area contributed by atoms with Gasteiger partial charge in [-0.15, -0.1) is 0 Å². The molecule has 4 rings (SSSR count). The van der Waals surface area contributed by atoms with Gasteiger partial charge in [0.05, 0.1) is 31.3 Å². The second-order valence-corrected chi connectivity index (χ2v) is 10.6. The molecule has 1 aliphatic carbocycles. The van der Waals surface area contributed by atoms with E-state index in [-0.39, 0.29) is 40.3 Å². The molecule has 9 heteroatoms. The summed E-state index contributed by atoms with van der Waals surface area (Å²) in [5.74, 6) is -0.585. The predicted molar refractivity (Wildman–Crippen MR) is 137 cm³/mol. The van der Waals surface area contributed by atoms with Crippen molar-refractivity contribution < 1.29 is 23.5 Å². The zero-order chi connectivity index (χ0) is 25.7. The van der Waals surface area contributed by atoms with Gasteiger partial charge in [-0.05, 0) is 50.0 Å². The quantitative estimate of drug-likeness (QED) is 0.435. The number of hydrogen-bond acceptors (Lipinski definition) is 7. The topological polar surface area (TPSA) is 81.5 Å². The maximum absolute atomic E-state index is 14.8. The van der Waals surface area contributed by atoms with Crippen LogP contribution in [0.1, 0.15) is 56.8 Å². The molecule has 0 unspecified atom stereocenters. The standard InChI is InChI=1S/C27H32FN3O4S/c1-3-35-25(33)12-15-31-14-10-21(29-31)16-20-17-30(13-11-24(20)36-18(2)32)26(27(34)19-8-9-19)22-6-4-5-7-23(22)28/h4-7,10,14,16,19,24,26H,3,8-9,11-13,15,17H2,1-2H3/b20-16-/t24-,26-/m1/s1. The van der Waals surface area contributed by atoms with Crippen LogP contribution in [0.5, 0.6) is 0 Å². The Morgan fingerprint density at radius 3 is 2.69 bits per heavy atom. The molecule has 1 aromatic carbocycles. The average Bonchev–Trinajstić information content (AvgIpc) is 3.60. The zero-order valence-corrected chi connectivity index (χ0v) is 21.5. The van der Waals surface area contributed by atoms with Crippen LogP contribution in [0.2, 0.25) is 0 Å². The van der Waals surface area contributed by atoms with Gasteiger partial charge < -0.3 is 4.74 Å². The van der Waals surface area contributed by atoms with Crippen LogP contribution in [-0.4, -0.2) is 56.5 Å². The van der Waals surface area contributed by atoms with Crippen molar-refractivity contribution in [3.05, 3.63) is 59.2 Å². The first-order chi connectivity index (χ1) is 17.4. The number of likely N-dealkylation sites (tertiary alicyclic amines) is 1. The summed E-state index contributed by atoms with van der Waals surface area (Å²) in [6.45, 7) is 5.11. The molecule has 1 aliphatic heterocycles. The van der Waals surface area contributed by atoms with Gasteiger partial charge in [-0.1, -0.05) is 30.0 Å². The zero-order valence-electron chi connectivity index (χ0n) is 20.7. The molecule has 0 amide bonds. The van der Waals surface area contributed by atoms with Gasteiger partial charge in [0, 0.05) is 42.9 Å². The van der Waals surface area contributed by atoms with Gasteiger partial charge >= 0.3 is 5.97 Å². The maximum atomic E-state index is 14.8. The number of rotatable bonds is 10. The molecule has 0 spiro atoms. The minimum Gasteiger partial charge on any atom is -0.466 e. The fraction of sp³-hybridized carbons (Fsp3) is 0.481. The monoisotopic (exact) mass is 513 g/mol. The van der Waals surface area contributed by atoms with Crippen LogP contribution in [0.4, 0.5) is 4.39 Å². The predicted octanol–water partition coefficient (Wildman–Crippen LogP) is 4.43.